The van der Waals surface area contributed by atoms with Crippen molar-refractivity contribution in [2.24, 2.45) is 5.84 Å². The van der Waals surface area contributed by atoms with Crippen LogP contribution in [0.15, 0.2) is 0 Å². The van der Waals surface area contributed by atoms with Crippen LogP contribution in [0.2, 0.25) is 0 Å². The van der Waals surface area contributed by atoms with Gasteiger partial charge in [-0.1, -0.05) is 0 Å². The molecule has 0 aromatic carbocycles. The van der Waals surface area contributed by atoms with Gasteiger partial charge in [0, 0.05) is 39.8 Å². The van der Waals surface area contributed by atoms with E-state index >= 15 is 0 Å². The minimum absolute atomic E-state index is 0.130. The van der Waals surface area contributed by atoms with Crippen LogP contribution in [0.5, 0.6) is 0 Å². The average molecular weight is 274 g/mol. The molecule has 0 aliphatic carbocycles. The fourth-order valence-corrected chi connectivity index (χ4v) is 2.69. The first-order valence-corrected chi connectivity index (χ1v) is 7.22. The van der Waals surface area contributed by atoms with Crippen LogP contribution in [-0.2, 0) is 14.2 Å². The zero-order chi connectivity index (χ0) is 14.4. The SMILES string of the molecule is CCOC1(C(CCC(C)(C)OC)NN)CCOCC1. The molecule has 0 aromatic heterocycles. The Balaban J connectivity index is 2.68. The van der Waals surface area contributed by atoms with Crippen LogP contribution >= 0.6 is 0 Å². The van der Waals surface area contributed by atoms with Gasteiger partial charge in [0.1, 0.15) is 0 Å². The van der Waals surface area contributed by atoms with Crippen molar-refractivity contribution in [1.82, 2.24) is 5.43 Å². The molecular formula is C14H30N2O3. The molecular weight excluding hydrogens is 244 g/mol. The molecule has 114 valence electrons. The van der Waals surface area contributed by atoms with Gasteiger partial charge in [-0.15, -0.1) is 0 Å². The van der Waals surface area contributed by atoms with Gasteiger partial charge in [0.2, 0.25) is 0 Å². The summed E-state index contributed by atoms with van der Waals surface area (Å²) in [6.45, 7) is 8.41. The Labute approximate surface area is 117 Å². The Hall–Kier alpha value is -0.200. The van der Waals surface area contributed by atoms with Gasteiger partial charge >= 0.3 is 0 Å². The largest absolute Gasteiger partial charge is 0.381 e. The van der Waals surface area contributed by atoms with Crippen molar-refractivity contribution in [1.29, 1.82) is 0 Å². The molecule has 1 aliphatic heterocycles. The fourth-order valence-electron chi connectivity index (χ4n) is 2.69. The molecule has 1 saturated heterocycles. The first-order chi connectivity index (χ1) is 8.99. The van der Waals surface area contributed by atoms with Crippen LogP contribution in [-0.4, -0.2) is 44.2 Å². The second-order valence-electron chi connectivity index (χ2n) is 5.83. The van der Waals surface area contributed by atoms with E-state index in [1.54, 1.807) is 7.11 Å². The van der Waals surface area contributed by atoms with Crippen LogP contribution in [0, 0.1) is 0 Å². The van der Waals surface area contributed by atoms with E-state index in [1.807, 2.05) is 6.92 Å². The monoisotopic (exact) mass is 274 g/mol. The molecule has 0 bridgehead atoms. The predicted octanol–water partition coefficient (Wildman–Crippen LogP) is 1.61. The number of hydrogen-bond acceptors (Lipinski definition) is 5. The first-order valence-electron chi connectivity index (χ1n) is 7.22. The average Bonchev–Trinajstić information content (AvgIpc) is 2.40. The van der Waals surface area contributed by atoms with Crippen molar-refractivity contribution < 1.29 is 14.2 Å². The number of methoxy groups -OCH3 is 1. The quantitative estimate of drug-likeness (QED) is 0.520. The van der Waals surface area contributed by atoms with E-state index in [9.17, 15) is 0 Å². The van der Waals surface area contributed by atoms with Gasteiger partial charge in [-0.3, -0.25) is 11.3 Å². The number of hydrogen-bond donors (Lipinski definition) is 2. The number of nitrogens with one attached hydrogen (secondary N) is 1. The zero-order valence-corrected chi connectivity index (χ0v) is 12.8. The molecule has 1 fully saturated rings. The summed E-state index contributed by atoms with van der Waals surface area (Å²) in [5.41, 5.74) is 2.62. The normalized spacial score (nSPS) is 21.3. The van der Waals surface area contributed by atoms with Gasteiger partial charge < -0.3 is 14.2 Å². The molecule has 1 atom stereocenters. The molecule has 5 heteroatoms. The molecule has 0 aromatic rings. The molecule has 1 rings (SSSR count). The topological polar surface area (TPSA) is 65.7 Å². The lowest BCUT2D eigenvalue weighted by Crippen LogP contribution is -2.57. The predicted molar refractivity (Wildman–Crippen MR) is 75.8 cm³/mol. The van der Waals surface area contributed by atoms with Crippen molar-refractivity contribution in [2.75, 3.05) is 26.9 Å². The van der Waals surface area contributed by atoms with Gasteiger partial charge in [0.25, 0.3) is 0 Å². The molecule has 0 radical (unpaired) electrons. The van der Waals surface area contributed by atoms with Gasteiger partial charge in [-0.25, -0.2) is 0 Å². The van der Waals surface area contributed by atoms with Crippen LogP contribution in [0.3, 0.4) is 0 Å². The summed E-state index contributed by atoms with van der Waals surface area (Å²) in [4.78, 5) is 0. The summed E-state index contributed by atoms with van der Waals surface area (Å²) >= 11 is 0. The highest BCUT2D eigenvalue weighted by Gasteiger charge is 2.41. The number of nitrogens with two attached hydrogens (primary N) is 1. The van der Waals surface area contributed by atoms with Crippen molar-refractivity contribution in [3.8, 4) is 0 Å². The molecule has 1 unspecified atom stereocenters. The third-order valence-electron chi connectivity index (χ3n) is 4.19. The number of ether oxygens (including phenoxy) is 3. The van der Waals surface area contributed by atoms with Crippen LogP contribution in [0.25, 0.3) is 0 Å². The molecule has 5 nitrogen and oxygen atoms in total. The minimum Gasteiger partial charge on any atom is -0.381 e. The van der Waals surface area contributed by atoms with Crippen molar-refractivity contribution in [2.45, 2.75) is 63.7 Å². The van der Waals surface area contributed by atoms with Crippen LogP contribution < -0.4 is 11.3 Å². The van der Waals surface area contributed by atoms with E-state index < -0.39 is 0 Å². The van der Waals surface area contributed by atoms with Crippen molar-refractivity contribution >= 4 is 0 Å². The standard InChI is InChI=1S/C14H30N2O3/c1-5-19-14(8-10-18-11-9-14)12(16-15)6-7-13(2,3)17-4/h12,16H,5-11,15H2,1-4H3. The Morgan fingerprint density at radius 1 is 1.37 bits per heavy atom. The minimum atomic E-state index is -0.203. The van der Waals surface area contributed by atoms with E-state index in [4.69, 9.17) is 20.1 Å². The van der Waals surface area contributed by atoms with Crippen molar-refractivity contribution in [3.05, 3.63) is 0 Å². The summed E-state index contributed by atoms with van der Waals surface area (Å²) in [5.74, 6) is 5.78. The number of hydrazine groups is 1. The third kappa shape index (κ3) is 4.68. The van der Waals surface area contributed by atoms with E-state index in [0.717, 1.165) is 38.9 Å². The van der Waals surface area contributed by atoms with Gasteiger partial charge in [-0.2, -0.15) is 0 Å². The molecule has 3 N–H and O–H groups in total. The van der Waals surface area contributed by atoms with Crippen molar-refractivity contribution in [3.63, 3.8) is 0 Å². The molecule has 0 saturated carbocycles. The van der Waals surface area contributed by atoms with Gasteiger partial charge in [0.15, 0.2) is 0 Å². The van der Waals surface area contributed by atoms with E-state index in [1.165, 1.54) is 0 Å². The van der Waals surface area contributed by atoms with E-state index in [0.29, 0.717) is 6.61 Å². The lowest BCUT2D eigenvalue weighted by Gasteiger charge is -2.43. The summed E-state index contributed by atoms with van der Waals surface area (Å²) in [6.07, 6.45) is 3.65. The molecule has 19 heavy (non-hydrogen) atoms. The number of rotatable bonds is 8. The lowest BCUT2D eigenvalue weighted by molar-refractivity contribution is -0.130. The second-order valence-corrected chi connectivity index (χ2v) is 5.83. The summed E-state index contributed by atoms with van der Waals surface area (Å²) in [7, 11) is 1.75. The zero-order valence-electron chi connectivity index (χ0n) is 12.8. The molecule has 1 heterocycles. The Morgan fingerprint density at radius 2 is 2.00 bits per heavy atom. The Morgan fingerprint density at radius 3 is 2.47 bits per heavy atom. The summed E-state index contributed by atoms with van der Waals surface area (Å²) in [6, 6.07) is 0.130. The lowest BCUT2D eigenvalue weighted by atomic mass is 9.82. The van der Waals surface area contributed by atoms with Gasteiger partial charge in [-0.05, 0) is 33.6 Å². The smallest absolute Gasteiger partial charge is 0.0891 e. The Kier molecular flexibility index (Phi) is 6.69. The van der Waals surface area contributed by atoms with Crippen LogP contribution in [0.1, 0.15) is 46.5 Å². The summed E-state index contributed by atoms with van der Waals surface area (Å²) < 4.78 is 17.0. The molecule has 0 amide bonds. The van der Waals surface area contributed by atoms with Gasteiger partial charge in [0.05, 0.1) is 17.2 Å². The first kappa shape index (κ1) is 16.9. The summed E-state index contributed by atoms with van der Waals surface area (Å²) in [5, 5.41) is 0. The maximum atomic E-state index is 6.06. The van der Waals surface area contributed by atoms with Crippen LogP contribution in [0.4, 0.5) is 0 Å². The molecule has 1 aliphatic rings. The molecule has 0 spiro atoms. The highest BCUT2D eigenvalue weighted by molar-refractivity contribution is 4.95. The highest BCUT2D eigenvalue weighted by atomic mass is 16.5. The Bertz CT molecular complexity index is 248. The van der Waals surface area contributed by atoms with E-state index in [2.05, 4.69) is 19.3 Å². The maximum absolute atomic E-state index is 6.06. The third-order valence-corrected chi connectivity index (χ3v) is 4.19. The fraction of sp³-hybridized carbons (Fsp3) is 1.00. The second kappa shape index (κ2) is 7.55. The highest BCUT2D eigenvalue weighted by Crippen LogP contribution is 2.32. The maximum Gasteiger partial charge on any atom is 0.0891 e. The van der Waals surface area contributed by atoms with E-state index in [-0.39, 0.29) is 17.2 Å².